The number of benzene rings is 1. The number of pyridine rings is 1. The summed E-state index contributed by atoms with van der Waals surface area (Å²) in [4.78, 5) is 16.2. The number of hydrogen-bond donors (Lipinski definition) is 2. The predicted molar refractivity (Wildman–Crippen MR) is 93.6 cm³/mol. The molecule has 0 aliphatic carbocycles. The lowest BCUT2D eigenvalue weighted by atomic mass is 10.1. The van der Waals surface area contributed by atoms with Gasteiger partial charge in [-0.2, -0.15) is 0 Å². The minimum Gasteiger partial charge on any atom is -0.497 e. The highest BCUT2D eigenvalue weighted by atomic mass is 16.5. The first-order chi connectivity index (χ1) is 11.7. The number of hydrogen-bond acceptors (Lipinski definition) is 5. The van der Waals surface area contributed by atoms with Crippen molar-refractivity contribution in [2.24, 2.45) is 0 Å². The van der Waals surface area contributed by atoms with Crippen LogP contribution in [0.2, 0.25) is 0 Å². The molecule has 2 N–H and O–H groups in total. The van der Waals surface area contributed by atoms with E-state index < -0.39 is 0 Å². The van der Waals surface area contributed by atoms with E-state index in [9.17, 15) is 4.79 Å². The number of nitrogens with one attached hydrogen (secondary N) is 2. The third kappa shape index (κ3) is 5.55. The van der Waals surface area contributed by atoms with Crippen LogP contribution in [0.15, 0.2) is 42.6 Å². The molecule has 0 aliphatic rings. The van der Waals surface area contributed by atoms with Crippen molar-refractivity contribution in [3.63, 3.8) is 0 Å². The van der Waals surface area contributed by atoms with E-state index in [0.717, 1.165) is 18.7 Å². The maximum absolute atomic E-state index is 12.0. The van der Waals surface area contributed by atoms with Gasteiger partial charge in [0.25, 0.3) is 5.91 Å². The topological polar surface area (TPSA) is 72.5 Å². The van der Waals surface area contributed by atoms with Crippen LogP contribution in [0.1, 0.15) is 15.9 Å². The van der Waals surface area contributed by atoms with Crippen molar-refractivity contribution in [3.05, 3.63) is 53.7 Å². The minimum absolute atomic E-state index is 0.134. The van der Waals surface area contributed by atoms with Crippen molar-refractivity contribution in [1.82, 2.24) is 10.3 Å². The third-order valence-corrected chi connectivity index (χ3v) is 3.47. The average Bonchev–Trinajstić information content (AvgIpc) is 2.62. The van der Waals surface area contributed by atoms with Crippen molar-refractivity contribution in [2.45, 2.75) is 6.42 Å². The molecule has 0 saturated heterocycles. The molecule has 128 valence electrons. The molecule has 0 atom stereocenters. The molecule has 1 aromatic heterocycles. The van der Waals surface area contributed by atoms with Gasteiger partial charge in [0.1, 0.15) is 11.6 Å². The Bertz CT molecular complexity index is 661. The Morgan fingerprint density at radius 3 is 2.83 bits per heavy atom. The highest BCUT2D eigenvalue weighted by Gasteiger charge is 2.06. The molecule has 1 aromatic carbocycles. The molecule has 0 aliphatic heterocycles. The van der Waals surface area contributed by atoms with Gasteiger partial charge in [-0.05, 0) is 36.2 Å². The van der Waals surface area contributed by atoms with Gasteiger partial charge in [0.15, 0.2) is 0 Å². The van der Waals surface area contributed by atoms with Gasteiger partial charge in [-0.1, -0.05) is 12.1 Å². The molecule has 1 heterocycles. The summed E-state index contributed by atoms with van der Waals surface area (Å²) >= 11 is 0. The van der Waals surface area contributed by atoms with Crippen molar-refractivity contribution in [3.8, 4) is 5.75 Å². The summed E-state index contributed by atoms with van der Waals surface area (Å²) in [5, 5.41) is 6.02. The summed E-state index contributed by atoms with van der Waals surface area (Å²) in [5.41, 5.74) is 1.75. The lowest BCUT2D eigenvalue weighted by Gasteiger charge is -2.09. The molecule has 24 heavy (non-hydrogen) atoms. The van der Waals surface area contributed by atoms with E-state index in [1.54, 1.807) is 32.5 Å². The van der Waals surface area contributed by atoms with E-state index >= 15 is 0 Å². The second-order valence-electron chi connectivity index (χ2n) is 5.21. The zero-order valence-corrected chi connectivity index (χ0v) is 14.0. The van der Waals surface area contributed by atoms with E-state index in [1.807, 2.05) is 18.2 Å². The van der Waals surface area contributed by atoms with E-state index in [0.29, 0.717) is 24.5 Å². The Kier molecular flexibility index (Phi) is 7.04. The molecule has 0 bridgehead atoms. The van der Waals surface area contributed by atoms with Gasteiger partial charge in [0.2, 0.25) is 0 Å². The van der Waals surface area contributed by atoms with Crippen LogP contribution in [0.3, 0.4) is 0 Å². The summed E-state index contributed by atoms with van der Waals surface area (Å²) < 4.78 is 10.1. The van der Waals surface area contributed by atoms with Crippen molar-refractivity contribution in [1.29, 1.82) is 0 Å². The molecule has 1 amide bonds. The second-order valence-corrected chi connectivity index (χ2v) is 5.21. The van der Waals surface area contributed by atoms with Gasteiger partial charge in [0.05, 0.1) is 13.7 Å². The molecule has 2 aromatic rings. The predicted octanol–water partition coefficient (Wildman–Crippen LogP) is 2.12. The van der Waals surface area contributed by atoms with Crippen LogP contribution < -0.4 is 15.4 Å². The number of carbonyl (C=O) groups excluding carboxylic acids is 1. The van der Waals surface area contributed by atoms with Gasteiger partial charge in [-0.3, -0.25) is 4.79 Å². The smallest absolute Gasteiger partial charge is 0.251 e. The van der Waals surface area contributed by atoms with Crippen molar-refractivity contribution >= 4 is 11.7 Å². The SMILES string of the molecule is COCCNC(=O)c1ccnc(NCCc2cccc(OC)c2)c1. The first-order valence-corrected chi connectivity index (χ1v) is 7.83. The van der Waals surface area contributed by atoms with Gasteiger partial charge in [-0.25, -0.2) is 4.98 Å². The summed E-state index contributed by atoms with van der Waals surface area (Å²) in [6, 6.07) is 11.4. The van der Waals surface area contributed by atoms with Crippen LogP contribution in [-0.4, -0.2) is 44.8 Å². The molecule has 6 heteroatoms. The van der Waals surface area contributed by atoms with Crippen LogP contribution >= 0.6 is 0 Å². The fraction of sp³-hybridized carbons (Fsp3) is 0.333. The van der Waals surface area contributed by atoms with Crippen molar-refractivity contribution in [2.75, 3.05) is 39.2 Å². The minimum atomic E-state index is -0.134. The zero-order valence-electron chi connectivity index (χ0n) is 14.0. The zero-order chi connectivity index (χ0) is 17.2. The van der Waals surface area contributed by atoms with Gasteiger partial charge < -0.3 is 20.1 Å². The van der Waals surface area contributed by atoms with E-state index in [1.165, 1.54) is 5.56 Å². The lowest BCUT2D eigenvalue weighted by molar-refractivity contribution is 0.0937. The molecular formula is C18H23N3O3. The lowest BCUT2D eigenvalue weighted by Crippen LogP contribution is -2.27. The Hall–Kier alpha value is -2.60. The molecule has 6 nitrogen and oxygen atoms in total. The summed E-state index contributed by atoms with van der Waals surface area (Å²) in [6.07, 6.45) is 2.46. The molecule has 0 fully saturated rings. The number of methoxy groups -OCH3 is 2. The largest absolute Gasteiger partial charge is 0.497 e. The molecule has 0 saturated carbocycles. The Morgan fingerprint density at radius 2 is 2.04 bits per heavy atom. The van der Waals surface area contributed by atoms with E-state index in [-0.39, 0.29) is 5.91 Å². The maximum Gasteiger partial charge on any atom is 0.251 e. The normalized spacial score (nSPS) is 10.2. The van der Waals surface area contributed by atoms with Crippen LogP contribution in [0.5, 0.6) is 5.75 Å². The van der Waals surface area contributed by atoms with E-state index in [4.69, 9.17) is 9.47 Å². The van der Waals surface area contributed by atoms with Crippen LogP contribution in [0, 0.1) is 0 Å². The summed E-state index contributed by atoms with van der Waals surface area (Å²) in [5.74, 6) is 1.39. The second kappa shape index (κ2) is 9.52. The fourth-order valence-corrected chi connectivity index (χ4v) is 2.20. The van der Waals surface area contributed by atoms with E-state index in [2.05, 4.69) is 21.7 Å². The van der Waals surface area contributed by atoms with Gasteiger partial charge >= 0.3 is 0 Å². The molecule has 0 unspecified atom stereocenters. The quantitative estimate of drug-likeness (QED) is 0.690. The molecule has 0 spiro atoms. The molecular weight excluding hydrogens is 306 g/mol. The maximum atomic E-state index is 12.0. The first-order valence-electron chi connectivity index (χ1n) is 7.83. The number of anilines is 1. The van der Waals surface area contributed by atoms with Crippen molar-refractivity contribution < 1.29 is 14.3 Å². The average molecular weight is 329 g/mol. The summed E-state index contributed by atoms with van der Waals surface area (Å²) in [7, 11) is 3.26. The molecule has 0 radical (unpaired) electrons. The third-order valence-electron chi connectivity index (χ3n) is 3.47. The van der Waals surface area contributed by atoms with Crippen LogP contribution in [0.4, 0.5) is 5.82 Å². The number of ether oxygens (including phenoxy) is 2. The number of aromatic nitrogens is 1. The Morgan fingerprint density at radius 1 is 1.17 bits per heavy atom. The highest BCUT2D eigenvalue weighted by molar-refractivity contribution is 5.94. The van der Waals surface area contributed by atoms with Crippen LogP contribution in [0.25, 0.3) is 0 Å². The standard InChI is InChI=1S/C18H23N3O3/c1-23-11-10-21-18(22)15-7-9-20-17(13-15)19-8-6-14-4-3-5-16(12-14)24-2/h3-5,7,9,12-13H,6,8,10-11H2,1-2H3,(H,19,20)(H,21,22). The highest BCUT2D eigenvalue weighted by Crippen LogP contribution is 2.13. The first kappa shape index (κ1) is 17.7. The van der Waals surface area contributed by atoms with Gasteiger partial charge in [-0.15, -0.1) is 0 Å². The van der Waals surface area contributed by atoms with Gasteiger partial charge in [0, 0.05) is 32.0 Å². The number of carbonyl (C=O) groups is 1. The fourth-order valence-electron chi connectivity index (χ4n) is 2.20. The number of nitrogens with zero attached hydrogens (tertiary/aromatic N) is 1. The summed E-state index contributed by atoms with van der Waals surface area (Å²) in [6.45, 7) is 1.69. The molecule has 2 rings (SSSR count). The Balaban J connectivity index is 1.86. The number of amides is 1. The monoisotopic (exact) mass is 329 g/mol. The van der Waals surface area contributed by atoms with Crippen LogP contribution in [-0.2, 0) is 11.2 Å². The Labute approximate surface area is 142 Å². The number of rotatable bonds is 9.